The van der Waals surface area contributed by atoms with Crippen LogP contribution in [0.25, 0.3) is 10.8 Å². The number of carbonyl (C=O) groups is 1. The molecule has 3 aromatic rings. The number of rotatable bonds is 5. The molecule has 6 heteroatoms. The van der Waals surface area contributed by atoms with Gasteiger partial charge >= 0.3 is 6.03 Å². The van der Waals surface area contributed by atoms with E-state index in [1.165, 1.54) is 16.3 Å². The number of aryl methyl sites for hydroxylation is 1. The minimum atomic E-state index is -0.194. The maximum absolute atomic E-state index is 12.4. The minimum Gasteiger partial charge on any atom is -0.328 e. The van der Waals surface area contributed by atoms with Crippen LogP contribution in [0.1, 0.15) is 24.4 Å². The Bertz CT molecular complexity index is 868. The summed E-state index contributed by atoms with van der Waals surface area (Å²) in [5.74, 6) is 0.732. The molecule has 6 nitrogen and oxygen atoms in total. The van der Waals surface area contributed by atoms with Crippen LogP contribution in [0.4, 0.5) is 4.79 Å². The van der Waals surface area contributed by atoms with Crippen LogP contribution in [0.2, 0.25) is 0 Å². The lowest BCUT2D eigenvalue weighted by Gasteiger charge is -2.21. The fourth-order valence-electron chi connectivity index (χ4n) is 2.94. The Morgan fingerprint density at radius 1 is 1.24 bits per heavy atom. The van der Waals surface area contributed by atoms with Crippen LogP contribution in [0, 0.1) is 0 Å². The first-order valence-electron chi connectivity index (χ1n) is 8.38. The fraction of sp³-hybridized carbons (Fsp3) is 0.316. The Balaban J connectivity index is 1.61. The van der Waals surface area contributed by atoms with Crippen molar-refractivity contribution in [1.29, 1.82) is 0 Å². The van der Waals surface area contributed by atoms with Crippen molar-refractivity contribution < 1.29 is 4.79 Å². The average molecular weight is 337 g/mol. The zero-order chi connectivity index (χ0) is 17.8. The molecule has 0 radical (unpaired) electrons. The molecule has 0 aliphatic rings. The number of benzene rings is 2. The van der Waals surface area contributed by atoms with E-state index in [9.17, 15) is 4.79 Å². The van der Waals surface area contributed by atoms with Crippen LogP contribution in [-0.4, -0.2) is 39.3 Å². The van der Waals surface area contributed by atoms with Crippen molar-refractivity contribution in [3.05, 3.63) is 60.2 Å². The molecule has 0 aliphatic carbocycles. The first-order valence-corrected chi connectivity index (χ1v) is 8.38. The van der Waals surface area contributed by atoms with Gasteiger partial charge in [-0.25, -0.2) is 4.79 Å². The lowest BCUT2D eigenvalue weighted by molar-refractivity contribution is 0.205. The molecule has 1 atom stereocenters. The van der Waals surface area contributed by atoms with Gasteiger partial charge in [-0.1, -0.05) is 42.5 Å². The van der Waals surface area contributed by atoms with Crippen LogP contribution in [0.5, 0.6) is 0 Å². The summed E-state index contributed by atoms with van der Waals surface area (Å²) in [6.45, 7) is 2.55. The molecule has 2 amide bonds. The van der Waals surface area contributed by atoms with Gasteiger partial charge in [0.1, 0.15) is 6.33 Å². The van der Waals surface area contributed by atoms with E-state index in [-0.39, 0.29) is 12.1 Å². The summed E-state index contributed by atoms with van der Waals surface area (Å²) in [5, 5.41) is 13.3. The molecular formula is C19H23N5O. The van der Waals surface area contributed by atoms with Gasteiger partial charge in [-0.15, -0.1) is 10.2 Å². The van der Waals surface area contributed by atoms with Crippen LogP contribution >= 0.6 is 0 Å². The second kappa shape index (κ2) is 7.34. The number of amides is 2. The van der Waals surface area contributed by atoms with Crippen molar-refractivity contribution >= 4 is 16.8 Å². The first-order chi connectivity index (χ1) is 12.1. The fourth-order valence-corrected chi connectivity index (χ4v) is 2.94. The molecule has 3 rings (SSSR count). The number of carbonyl (C=O) groups excluding carboxylic acids is 1. The summed E-state index contributed by atoms with van der Waals surface area (Å²) in [6.07, 6.45) is 2.44. The molecule has 0 aliphatic heterocycles. The van der Waals surface area contributed by atoms with Crippen molar-refractivity contribution in [2.24, 2.45) is 7.05 Å². The topological polar surface area (TPSA) is 63.1 Å². The first kappa shape index (κ1) is 17.0. The zero-order valence-corrected chi connectivity index (χ0v) is 14.8. The van der Waals surface area contributed by atoms with E-state index in [1.807, 2.05) is 33.2 Å². The third-order valence-corrected chi connectivity index (χ3v) is 4.42. The number of nitrogens with one attached hydrogen (secondary N) is 1. The summed E-state index contributed by atoms with van der Waals surface area (Å²) in [5.41, 5.74) is 1.25. The van der Waals surface area contributed by atoms with E-state index < -0.39 is 0 Å². The number of likely N-dealkylation sites (N-methyl/N-ethyl adjacent to an activating group) is 1. The standard InChI is InChI=1S/C19H23N5O/c1-14(18-22-20-13-24(18)3)21-19(25)23(2)12-11-16-9-6-8-15-7-4-5-10-17(15)16/h4-10,13-14H,11-12H2,1-3H3,(H,21,25)/t14-/m0/s1. The maximum Gasteiger partial charge on any atom is 0.317 e. The molecule has 0 bridgehead atoms. The highest BCUT2D eigenvalue weighted by Gasteiger charge is 2.16. The highest BCUT2D eigenvalue weighted by atomic mass is 16.2. The highest BCUT2D eigenvalue weighted by molar-refractivity contribution is 5.85. The summed E-state index contributed by atoms with van der Waals surface area (Å²) in [6, 6.07) is 14.3. The van der Waals surface area contributed by atoms with E-state index in [0.29, 0.717) is 6.54 Å². The molecule has 0 unspecified atom stereocenters. The summed E-state index contributed by atoms with van der Waals surface area (Å²) < 4.78 is 1.81. The molecule has 0 fully saturated rings. The Kier molecular flexibility index (Phi) is 4.97. The number of nitrogens with zero attached hydrogens (tertiary/aromatic N) is 4. The second-order valence-corrected chi connectivity index (χ2v) is 6.28. The lowest BCUT2D eigenvalue weighted by Crippen LogP contribution is -2.40. The van der Waals surface area contributed by atoms with Crippen molar-refractivity contribution in [3.63, 3.8) is 0 Å². The normalized spacial score (nSPS) is 12.1. The van der Waals surface area contributed by atoms with E-state index >= 15 is 0 Å². The molecule has 25 heavy (non-hydrogen) atoms. The van der Waals surface area contributed by atoms with Gasteiger partial charge in [-0.3, -0.25) is 0 Å². The molecule has 0 saturated carbocycles. The van der Waals surface area contributed by atoms with Gasteiger partial charge < -0.3 is 14.8 Å². The van der Waals surface area contributed by atoms with Gasteiger partial charge in [0.15, 0.2) is 5.82 Å². The SMILES string of the molecule is C[C@H](NC(=O)N(C)CCc1cccc2ccccc12)c1nncn1C. The van der Waals surface area contributed by atoms with Gasteiger partial charge in [0.25, 0.3) is 0 Å². The van der Waals surface area contributed by atoms with Crippen LogP contribution in [-0.2, 0) is 13.5 Å². The van der Waals surface area contributed by atoms with Crippen molar-refractivity contribution in [2.75, 3.05) is 13.6 Å². The minimum absolute atomic E-state index is 0.115. The Morgan fingerprint density at radius 3 is 2.76 bits per heavy atom. The number of hydrogen-bond donors (Lipinski definition) is 1. The van der Waals surface area contributed by atoms with Gasteiger partial charge in [0.2, 0.25) is 0 Å². The summed E-state index contributed by atoms with van der Waals surface area (Å²) in [4.78, 5) is 14.1. The Labute approximate surface area is 147 Å². The zero-order valence-electron chi connectivity index (χ0n) is 14.8. The summed E-state index contributed by atoms with van der Waals surface area (Å²) >= 11 is 0. The predicted molar refractivity (Wildman–Crippen MR) is 98.2 cm³/mol. The number of urea groups is 1. The van der Waals surface area contributed by atoms with Crippen LogP contribution in [0.3, 0.4) is 0 Å². The molecule has 2 aromatic carbocycles. The van der Waals surface area contributed by atoms with E-state index in [4.69, 9.17) is 0 Å². The Morgan fingerprint density at radius 2 is 2.00 bits per heavy atom. The maximum atomic E-state index is 12.4. The van der Waals surface area contributed by atoms with Crippen molar-refractivity contribution in [1.82, 2.24) is 25.0 Å². The molecule has 1 aromatic heterocycles. The van der Waals surface area contributed by atoms with Crippen molar-refractivity contribution in [2.45, 2.75) is 19.4 Å². The largest absolute Gasteiger partial charge is 0.328 e. The van der Waals surface area contributed by atoms with E-state index in [0.717, 1.165) is 12.2 Å². The summed E-state index contributed by atoms with van der Waals surface area (Å²) in [7, 11) is 3.67. The lowest BCUT2D eigenvalue weighted by atomic mass is 10.0. The van der Waals surface area contributed by atoms with Crippen molar-refractivity contribution in [3.8, 4) is 0 Å². The molecule has 1 N–H and O–H groups in total. The van der Waals surface area contributed by atoms with Gasteiger partial charge in [0.05, 0.1) is 6.04 Å². The highest BCUT2D eigenvalue weighted by Crippen LogP contribution is 2.19. The van der Waals surface area contributed by atoms with Gasteiger partial charge in [-0.05, 0) is 29.7 Å². The average Bonchev–Trinajstić information content (AvgIpc) is 3.05. The van der Waals surface area contributed by atoms with Crippen LogP contribution < -0.4 is 5.32 Å². The molecule has 1 heterocycles. The third-order valence-electron chi connectivity index (χ3n) is 4.42. The molecule has 130 valence electrons. The van der Waals surface area contributed by atoms with Crippen LogP contribution in [0.15, 0.2) is 48.8 Å². The number of hydrogen-bond acceptors (Lipinski definition) is 3. The van der Waals surface area contributed by atoms with E-state index in [2.05, 4.69) is 45.8 Å². The quantitative estimate of drug-likeness (QED) is 0.778. The predicted octanol–water partition coefficient (Wildman–Crippen LogP) is 2.91. The second-order valence-electron chi connectivity index (χ2n) is 6.28. The molecule has 0 spiro atoms. The number of fused-ring (bicyclic) bond motifs is 1. The Hall–Kier alpha value is -2.89. The van der Waals surface area contributed by atoms with Gasteiger partial charge in [0, 0.05) is 20.6 Å². The smallest absolute Gasteiger partial charge is 0.317 e. The molecule has 0 saturated heterocycles. The number of aromatic nitrogens is 3. The third kappa shape index (κ3) is 3.79. The molecular weight excluding hydrogens is 314 g/mol. The monoisotopic (exact) mass is 337 g/mol. The van der Waals surface area contributed by atoms with Gasteiger partial charge in [-0.2, -0.15) is 0 Å². The van der Waals surface area contributed by atoms with E-state index in [1.54, 1.807) is 15.8 Å².